The maximum absolute atomic E-state index is 12.6. The van der Waals surface area contributed by atoms with Gasteiger partial charge in [0.05, 0.1) is 25.5 Å². The third-order valence-corrected chi connectivity index (χ3v) is 5.08. The number of benzene rings is 1. The Morgan fingerprint density at radius 2 is 1.85 bits per heavy atom. The van der Waals surface area contributed by atoms with Crippen molar-refractivity contribution in [3.8, 4) is 5.75 Å². The molecule has 1 aromatic rings. The standard InChI is InChI=1S/C20H28N2O5/c1-3-25-18-7-5-4-6-17(18)22(16(2)23)11-8-19(24)21-12-9-20(10-13-21)26-14-15-27-20/h4-7H,3,8-15H2,1-2H3. The molecule has 7 heteroatoms. The average Bonchev–Trinajstić information content (AvgIpc) is 3.11. The van der Waals surface area contributed by atoms with Crippen LogP contribution in [0.4, 0.5) is 5.69 Å². The minimum Gasteiger partial charge on any atom is -0.492 e. The van der Waals surface area contributed by atoms with Crippen LogP contribution in [0.1, 0.15) is 33.1 Å². The summed E-state index contributed by atoms with van der Waals surface area (Å²) in [6.07, 6.45) is 1.67. The van der Waals surface area contributed by atoms with Crippen molar-refractivity contribution in [2.75, 3.05) is 44.4 Å². The number of nitrogens with zero attached hydrogens (tertiary/aromatic N) is 2. The molecule has 0 aromatic heterocycles. The van der Waals surface area contributed by atoms with Gasteiger partial charge in [0.1, 0.15) is 5.75 Å². The van der Waals surface area contributed by atoms with Gasteiger partial charge in [0.25, 0.3) is 0 Å². The molecule has 27 heavy (non-hydrogen) atoms. The molecule has 1 spiro atoms. The van der Waals surface area contributed by atoms with Gasteiger partial charge in [-0.2, -0.15) is 0 Å². The molecular weight excluding hydrogens is 348 g/mol. The largest absolute Gasteiger partial charge is 0.492 e. The molecule has 0 saturated carbocycles. The number of piperidine rings is 1. The molecule has 2 saturated heterocycles. The van der Waals surface area contributed by atoms with E-state index in [0.717, 1.165) is 0 Å². The van der Waals surface area contributed by atoms with Gasteiger partial charge >= 0.3 is 0 Å². The molecule has 2 aliphatic heterocycles. The van der Waals surface area contributed by atoms with Crippen molar-refractivity contribution < 1.29 is 23.8 Å². The Labute approximate surface area is 160 Å². The average molecular weight is 376 g/mol. The number of hydrogen-bond acceptors (Lipinski definition) is 5. The van der Waals surface area contributed by atoms with Crippen molar-refractivity contribution in [2.45, 2.75) is 38.9 Å². The van der Waals surface area contributed by atoms with Crippen LogP contribution in [0.2, 0.25) is 0 Å². The first kappa shape index (κ1) is 19.6. The number of ether oxygens (including phenoxy) is 3. The molecule has 2 aliphatic rings. The normalized spacial score (nSPS) is 18.5. The summed E-state index contributed by atoms with van der Waals surface area (Å²) >= 11 is 0. The van der Waals surface area contributed by atoms with Crippen LogP contribution in [0.5, 0.6) is 5.75 Å². The fourth-order valence-corrected chi connectivity index (χ4v) is 3.65. The van der Waals surface area contributed by atoms with E-state index in [0.29, 0.717) is 63.7 Å². The van der Waals surface area contributed by atoms with Gasteiger partial charge in [-0.25, -0.2) is 0 Å². The Bertz CT molecular complexity index is 662. The Kier molecular flexibility index (Phi) is 6.34. The van der Waals surface area contributed by atoms with Crippen LogP contribution in [0.15, 0.2) is 24.3 Å². The summed E-state index contributed by atoms with van der Waals surface area (Å²) < 4.78 is 17.0. The highest BCUT2D eigenvalue weighted by atomic mass is 16.7. The quantitative estimate of drug-likeness (QED) is 0.761. The zero-order valence-electron chi connectivity index (χ0n) is 16.1. The van der Waals surface area contributed by atoms with E-state index in [-0.39, 0.29) is 18.2 Å². The second kappa shape index (κ2) is 8.71. The number of carbonyl (C=O) groups excluding carboxylic acids is 2. The molecule has 2 heterocycles. The van der Waals surface area contributed by atoms with Crippen LogP contribution < -0.4 is 9.64 Å². The lowest BCUT2D eigenvalue weighted by Gasteiger charge is -2.37. The summed E-state index contributed by atoms with van der Waals surface area (Å²) in [5.41, 5.74) is 0.699. The minimum absolute atomic E-state index is 0.0444. The lowest BCUT2D eigenvalue weighted by molar-refractivity contribution is -0.187. The maximum Gasteiger partial charge on any atom is 0.224 e. The van der Waals surface area contributed by atoms with Gasteiger partial charge in [0.15, 0.2) is 5.79 Å². The second-order valence-electron chi connectivity index (χ2n) is 6.81. The van der Waals surface area contributed by atoms with Crippen LogP contribution in [-0.2, 0) is 19.1 Å². The van der Waals surface area contributed by atoms with E-state index in [1.165, 1.54) is 6.92 Å². The zero-order valence-corrected chi connectivity index (χ0v) is 16.1. The molecule has 148 valence electrons. The molecule has 0 bridgehead atoms. The number of likely N-dealkylation sites (tertiary alicyclic amines) is 1. The highest BCUT2D eigenvalue weighted by molar-refractivity contribution is 5.93. The summed E-state index contributed by atoms with van der Waals surface area (Å²) in [7, 11) is 0. The molecule has 2 amide bonds. The van der Waals surface area contributed by atoms with E-state index < -0.39 is 5.79 Å². The summed E-state index contributed by atoms with van der Waals surface area (Å²) in [5, 5.41) is 0. The number of anilines is 1. The molecule has 7 nitrogen and oxygen atoms in total. The summed E-state index contributed by atoms with van der Waals surface area (Å²) in [5.74, 6) is 0.0971. The minimum atomic E-state index is -0.487. The third-order valence-electron chi connectivity index (χ3n) is 5.08. The Morgan fingerprint density at radius 3 is 2.48 bits per heavy atom. The van der Waals surface area contributed by atoms with Gasteiger partial charge < -0.3 is 24.0 Å². The molecule has 2 fully saturated rings. The first-order valence-corrected chi connectivity index (χ1v) is 9.60. The smallest absolute Gasteiger partial charge is 0.224 e. The monoisotopic (exact) mass is 376 g/mol. The SMILES string of the molecule is CCOc1ccccc1N(CCC(=O)N1CCC2(CC1)OCCO2)C(C)=O. The van der Waals surface area contributed by atoms with Crippen LogP contribution in [-0.4, -0.2) is 62.0 Å². The van der Waals surface area contributed by atoms with Crippen LogP contribution >= 0.6 is 0 Å². The van der Waals surface area contributed by atoms with Gasteiger partial charge in [-0.1, -0.05) is 12.1 Å². The molecule has 0 N–H and O–H groups in total. The summed E-state index contributed by atoms with van der Waals surface area (Å²) in [6, 6.07) is 7.41. The predicted octanol–water partition coefficient (Wildman–Crippen LogP) is 2.19. The summed E-state index contributed by atoms with van der Waals surface area (Å²) in [4.78, 5) is 28.3. The van der Waals surface area contributed by atoms with E-state index >= 15 is 0 Å². The molecular formula is C20H28N2O5. The number of carbonyl (C=O) groups is 2. The van der Waals surface area contributed by atoms with Crippen molar-refractivity contribution in [1.29, 1.82) is 0 Å². The second-order valence-corrected chi connectivity index (χ2v) is 6.81. The van der Waals surface area contributed by atoms with Gasteiger partial charge in [-0.15, -0.1) is 0 Å². The van der Waals surface area contributed by atoms with Crippen molar-refractivity contribution in [2.24, 2.45) is 0 Å². The van der Waals surface area contributed by atoms with Crippen LogP contribution in [0, 0.1) is 0 Å². The molecule has 1 aromatic carbocycles. The molecule has 0 aliphatic carbocycles. The van der Waals surface area contributed by atoms with E-state index in [1.807, 2.05) is 36.1 Å². The van der Waals surface area contributed by atoms with E-state index in [4.69, 9.17) is 14.2 Å². The Morgan fingerprint density at radius 1 is 1.19 bits per heavy atom. The highest BCUT2D eigenvalue weighted by Crippen LogP contribution is 2.32. The highest BCUT2D eigenvalue weighted by Gasteiger charge is 2.40. The maximum atomic E-state index is 12.6. The number of amides is 2. The fourth-order valence-electron chi connectivity index (χ4n) is 3.65. The number of hydrogen-bond donors (Lipinski definition) is 0. The van der Waals surface area contributed by atoms with E-state index in [1.54, 1.807) is 4.90 Å². The lowest BCUT2D eigenvalue weighted by Crippen LogP contribution is -2.48. The van der Waals surface area contributed by atoms with Gasteiger partial charge in [-0.05, 0) is 19.1 Å². The van der Waals surface area contributed by atoms with Gasteiger partial charge in [0.2, 0.25) is 11.8 Å². The molecule has 0 atom stereocenters. The molecule has 3 rings (SSSR count). The van der Waals surface area contributed by atoms with Crippen molar-refractivity contribution in [3.05, 3.63) is 24.3 Å². The van der Waals surface area contributed by atoms with Crippen molar-refractivity contribution in [1.82, 2.24) is 4.90 Å². The zero-order chi connectivity index (χ0) is 19.3. The van der Waals surface area contributed by atoms with E-state index in [2.05, 4.69) is 0 Å². The Balaban J connectivity index is 1.58. The molecule has 0 radical (unpaired) electrons. The number of rotatable bonds is 6. The molecule has 0 unspecified atom stereocenters. The first-order chi connectivity index (χ1) is 13.0. The Hall–Kier alpha value is -2.12. The van der Waals surface area contributed by atoms with Crippen LogP contribution in [0.3, 0.4) is 0 Å². The predicted molar refractivity (Wildman–Crippen MR) is 101 cm³/mol. The summed E-state index contributed by atoms with van der Waals surface area (Å²) in [6.45, 7) is 6.74. The third kappa shape index (κ3) is 4.59. The number of para-hydroxylation sites is 2. The van der Waals surface area contributed by atoms with Gasteiger partial charge in [0, 0.05) is 45.8 Å². The fraction of sp³-hybridized carbons (Fsp3) is 0.600. The van der Waals surface area contributed by atoms with Crippen molar-refractivity contribution >= 4 is 17.5 Å². The first-order valence-electron chi connectivity index (χ1n) is 9.60. The van der Waals surface area contributed by atoms with Gasteiger partial charge in [-0.3, -0.25) is 9.59 Å². The van der Waals surface area contributed by atoms with Crippen molar-refractivity contribution in [3.63, 3.8) is 0 Å². The van der Waals surface area contributed by atoms with Crippen LogP contribution in [0.25, 0.3) is 0 Å². The van der Waals surface area contributed by atoms with E-state index in [9.17, 15) is 9.59 Å². The topological polar surface area (TPSA) is 68.3 Å². The lowest BCUT2D eigenvalue weighted by atomic mass is 10.0.